The van der Waals surface area contributed by atoms with Gasteiger partial charge in [0, 0.05) is 5.56 Å². The summed E-state index contributed by atoms with van der Waals surface area (Å²) in [6.07, 6.45) is 2.97. The van der Waals surface area contributed by atoms with Gasteiger partial charge in [-0.05, 0) is 6.07 Å². The lowest BCUT2D eigenvalue weighted by Crippen LogP contribution is -2.02. The zero-order valence-electron chi connectivity index (χ0n) is 11.7. The molecule has 0 atom stereocenters. The van der Waals surface area contributed by atoms with E-state index in [-0.39, 0.29) is 0 Å². The summed E-state index contributed by atoms with van der Waals surface area (Å²) < 4.78 is 16.4. The molecule has 0 aliphatic rings. The first-order chi connectivity index (χ1) is 10.3. The number of rotatable bonds is 5. The third kappa shape index (κ3) is 2.45. The van der Waals surface area contributed by atoms with Crippen molar-refractivity contribution in [3.05, 3.63) is 36.4 Å². The number of nitrogens with one attached hydrogen (secondary N) is 1. The molecule has 0 fully saturated rings. The molecule has 0 unspecified atom stereocenters. The lowest BCUT2D eigenvalue weighted by molar-refractivity contribution is 0.283. The molecule has 0 spiro atoms. The van der Waals surface area contributed by atoms with E-state index in [0.29, 0.717) is 35.1 Å². The van der Waals surface area contributed by atoms with Gasteiger partial charge in [0.2, 0.25) is 5.88 Å². The number of fused-ring (bicyclic) bond motifs is 1. The number of ether oxygens (including phenoxy) is 3. The van der Waals surface area contributed by atoms with Crippen LogP contribution in [0.5, 0.6) is 17.4 Å². The molecule has 0 saturated carbocycles. The topological polar surface area (TPSA) is 82.2 Å². The van der Waals surface area contributed by atoms with Gasteiger partial charge in [0.15, 0.2) is 17.1 Å². The molecule has 0 aliphatic carbocycles. The van der Waals surface area contributed by atoms with Gasteiger partial charge >= 0.3 is 0 Å². The van der Waals surface area contributed by atoms with Crippen LogP contribution in [0, 0.1) is 0 Å². The Balaban J connectivity index is 1.86. The number of aromatic amines is 1. The molecule has 3 rings (SSSR count). The summed E-state index contributed by atoms with van der Waals surface area (Å²) in [5, 5.41) is 0. The molecule has 2 aromatic heterocycles. The molecular formula is C14H14N4O3. The van der Waals surface area contributed by atoms with E-state index in [1.54, 1.807) is 20.5 Å². The number of methoxy groups -OCH3 is 2. The minimum absolute atomic E-state index is 0.297. The molecule has 21 heavy (non-hydrogen) atoms. The minimum atomic E-state index is 0.297. The van der Waals surface area contributed by atoms with Crippen LogP contribution in [-0.4, -0.2) is 34.2 Å². The fraction of sp³-hybridized carbons (Fsp3) is 0.214. The summed E-state index contributed by atoms with van der Waals surface area (Å²) in [7, 11) is 3.19. The van der Waals surface area contributed by atoms with Crippen LogP contribution < -0.4 is 14.2 Å². The monoisotopic (exact) mass is 286 g/mol. The summed E-state index contributed by atoms with van der Waals surface area (Å²) in [6.45, 7) is 0.297. The van der Waals surface area contributed by atoms with E-state index >= 15 is 0 Å². The first kappa shape index (κ1) is 13.2. The van der Waals surface area contributed by atoms with Gasteiger partial charge in [-0.2, -0.15) is 4.98 Å². The molecule has 2 heterocycles. The highest BCUT2D eigenvalue weighted by Gasteiger charge is 2.12. The van der Waals surface area contributed by atoms with Crippen LogP contribution in [0.4, 0.5) is 0 Å². The zero-order valence-corrected chi connectivity index (χ0v) is 11.7. The fourth-order valence-electron chi connectivity index (χ4n) is 2.07. The number of hydrogen-bond donors (Lipinski definition) is 1. The number of hydrogen-bond acceptors (Lipinski definition) is 6. The molecule has 7 nitrogen and oxygen atoms in total. The predicted octanol–water partition coefficient (Wildman–Crippen LogP) is 1.95. The molecule has 1 N–H and O–H groups in total. The van der Waals surface area contributed by atoms with Crippen LogP contribution >= 0.6 is 0 Å². The van der Waals surface area contributed by atoms with Crippen LogP contribution in [0.2, 0.25) is 0 Å². The summed E-state index contributed by atoms with van der Waals surface area (Å²) in [4.78, 5) is 15.2. The largest absolute Gasteiger partial charge is 0.493 e. The van der Waals surface area contributed by atoms with Crippen molar-refractivity contribution < 1.29 is 14.2 Å². The molecular weight excluding hydrogens is 272 g/mol. The molecule has 0 amide bonds. The second kappa shape index (κ2) is 5.66. The summed E-state index contributed by atoms with van der Waals surface area (Å²) in [5.41, 5.74) is 2.10. The summed E-state index contributed by atoms with van der Waals surface area (Å²) in [5.74, 6) is 1.75. The van der Waals surface area contributed by atoms with Crippen molar-refractivity contribution in [3.63, 3.8) is 0 Å². The van der Waals surface area contributed by atoms with E-state index in [1.165, 1.54) is 6.33 Å². The Labute approximate surface area is 120 Å². The van der Waals surface area contributed by atoms with Gasteiger partial charge in [0.1, 0.15) is 18.5 Å². The van der Waals surface area contributed by atoms with Crippen LogP contribution in [0.15, 0.2) is 30.9 Å². The van der Waals surface area contributed by atoms with Gasteiger partial charge in [0.05, 0.1) is 20.5 Å². The van der Waals surface area contributed by atoms with E-state index in [2.05, 4.69) is 19.9 Å². The van der Waals surface area contributed by atoms with E-state index in [9.17, 15) is 0 Å². The van der Waals surface area contributed by atoms with Crippen molar-refractivity contribution in [1.82, 2.24) is 19.9 Å². The molecule has 3 aromatic rings. The van der Waals surface area contributed by atoms with Crippen LogP contribution in [-0.2, 0) is 6.61 Å². The number of para-hydroxylation sites is 1. The SMILES string of the molecule is COc1cccc(COc2ncnc3nc[nH]c23)c1OC. The second-order valence-corrected chi connectivity index (χ2v) is 4.22. The summed E-state index contributed by atoms with van der Waals surface area (Å²) in [6, 6.07) is 5.62. The lowest BCUT2D eigenvalue weighted by atomic mass is 10.2. The highest BCUT2D eigenvalue weighted by Crippen LogP contribution is 2.31. The maximum atomic E-state index is 5.75. The third-order valence-electron chi connectivity index (χ3n) is 3.04. The zero-order chi connectivity index (χ0) is 14.7. The normalized spacial score (nSPS) is 10.6. The number of benzene rings is 1. The van der Waals surface area contributed by atoms with Crippen LogP contribution in [0.25, 0.3) is 11.2 Å². The number of H-pyrrole nitrogens is 1. The highest BCUT2D eigenvalue weighted by atomic mass is 16.5. The first-order valence-electron chi connectivity index (χ1n) is 6.30. The highest BCUT2D eigenvalue weighted by molar-refractivity contribution is 5.74. The molecule has 7 heteroatoms. The van der Waals surface area contributed by atoms with E-state index in [4.69, 9.17) is 14.2 Å². The Morgan fingerprint density at radius 1 is 1.10 bits per heavy atom. The molecule has 0 radical (unpaired) electrons. The van der Waals surface area contributed by atoms with Gasteiger partial charge in [-0.25, -0.2) is 9.97 Å². The first-order valence-corrected chi connectivity index (χ1v) is 6.30. The Morgan fingerprint density at radius 2 is 2.00 bits per heavy atom. The molecule has 0 bridgehead atoms. The second-order valence-electron chi connectivity index (χ2n) is 4.22. The van der Waals surface area contributed by atoms with Gasteiger partial charge < -0.3 is 19.2 Å². The Morgan fingerprint density at radius 3 is 2.81 bits per heavy atom. The number of aromatic nitrogens is 4. The predicted molar refractivity (Wildman–Crippen MR) is 75.6 cm³/mol. The molecule has 0 aliphatic heterocycles. The van der Waals surface area contributed by atoms with Gasteiger partial charge in [-0.3, -0.25) is 0 Å². The van der Waals surface area contributed by atoms with Gasteiger partial charge in [-0.15, -0.1) is 0 Å². The molecule has 1 aromatic carbocycles. The van der Waals surface area contributed by atoms with Gasteiger partial charge in [0.25, 0.3) is 0 Å². The van der Waals surface area contributed by atoms with Crippen LogP contribution in [0.3, 0.4) is 0 Å². The van der Waals surface area contributed by atoms with E-state index < -0.39 is 0 Å². The average molecular weight is 286 g/mol. The standard InChI is InChI=1S/C14H14N4O3/c1-19-10-5-3-4-9(12(10)20-2)6-21-14-11-13(16-7-15-11)17-8-18-14/h3-5,7-8H,6H2,1-2H3,(H,15,16,17,18). The Kier molecular flexibility index (Phi) is 3.55. The minimum Gasteiger partial charge on any atom is -0.493 e. The Bertz CT molecular complexity index is 757. The molecule has 0 saturated heterocycles. The van der Waals surface area contributed by atoms with Crippen molar-refractivity contribution in [2.24, 2.45) is 0 Å². The van der Waals surface area contributed by atoms with Crippen molar-refractivity contribution in [2.45, 2.75) is 6.61 Å². The van der Waals surface area contributed by atoms with Crippen molar-refractivity contribution in [3.8, 4) is 17.4 Å². The number of imidazole rings is 1. The van der Waals surface area contributed by atoms with E-state index in [1.807, 2.05) is 18.2 Å². The quantitative estimate of drug-likeness (QED) is 0.772. The summed E-state index contributed by atoms with van der Waals surface area (Å²) >= 11 is 0. The van der Waals surface area contributed by atoms with E-state index in [0.717, 1.165) is 5.56 Å². The third-order valence-corrected chi connectivity index (χ3v) is 3.04. The lowest BCUT2D eigenvalue weighted by Gasteiger charge is -2.13. The van der Waals surface area contributed by atoms with Crippen molar-refractivity contribution >= 4 is 11.2 Å². The maximum Gasteiger partial charge on any atom is 0.243 e. The fourth-order valence-corrected chi connectivity index (χ4v) is 2.07. The molecule has 108 valence electrons. The average Bonchev–Trinajstić information content (AvgIpc) is 3.01. The van der Waals surface area contributed by atoms with Crippen molar-refractivity contribution in [2.75, 3.05) is 14.2 Å². The van der Waals surface area contributed by atoms with Gasteiger partial charge in [-0.1, -0.05) is 12.1 Å². The smallest absolute Gasteiger partial charge is 0.243 e. The Hall–Kier alpha value is -2.83. The van der Waals surface area contributed by atoms with Crippen LogP contribution in [0.1, 0.15) is 5.56 Å². The number of nitrogens with zero attached hydrogens (tertiary/aromatic N) is 3. The maximum absolute atomic E-state index is 5.75. The van der Waals surface area contributed by atoms with Crippen molar-refractivity contribution in [1.29, 1.82) is 0 Å².